The van der Waals surface area contributed by atoms with Crippen LogP contribution in [-0.4, -0.2) is 34.5 Å². The van der Waals surface area contributed by atoms with Crippen LogP contribution in [0.5, 0.6) is 0 Å². The second-order valence-electron chi connectivity index (χ2n) is 4.68. The van der Waals surface area contributed by atoms with Gasteiger partial charge in [-0.05, 0) is 37.8 Å². The first-order valence-electron chi connectivity index (χ1n) is 6.36. The molecule has 0 aromatic carbocycles. The smallest absolute Gasteiger partial charge is 0.303 e. The van der Waals surface area contributed by atoms with Gasteiger partial charge in [-0.2, -0.15) is 0 Å². The van der Waals surface area contributed by atoms with Crippen LogP contribution in [0.3, 0.4) is 0 Å². The zero-order valence-corrected chi connectivity index (χ0v) is 12.0. The Morgan fingerprint density at radius 1 is 1.42 bits per heavy atom. The molecule has 1 aromatic heterocycles. The number of carboxylic acid groups (broad SMARTS) is 1. The predicted octanol–water partition coefficient (Wildman–Crippen LogP) is 3.26. The molecule has 104 valence electrons. The minimum absolute atomic E-state index is 0.0213. The van der Waals surface area contributed by atoms with E-state index in [1.54, 1.807) is 12.1 Å². The van der Waals surface area contributed by atoms with Crippen LogP contribution >= 0.6 is 22.9 Å². The molecule has 0 bridgehead atoms. The van der Waals surface area contributed by atoms with E-state index in [0.29, 0.717) is 22.2 Å². The summed E-state index contributed by atoms with van der Waals surface area (Å²) in [6, 6.07) is 3.49. The highest BCUT2D eigenvalue weighted by Crippen LogP contribution is 2.27. The van der Waals surface area contributed by atoms with E-state index >= 15 is 0 Å². The molecule has 4 nitrogen and oxygen atoms in total. The van der Waals surface area contributed by atoms with Gasteiger partial charge in [-0.1, -0.05) is 11.6 Å². The number of rotatable bonds is 4. The lowest BCUT2D eigenvalue weighted by Crippen LogP contribution is -2.43. The van der Waals surface area contributed by atoms with E-state index < -0.39 is 5.97 Å². The van der Waals surface area contributed by atoms with Gasteiger partial charge in [-0.15, -0.1) is 11.3 Å². The molecule has 1 atom stereocenters. The van der Waals surface area contributed by atoms with E-state index in [2.05, 4.69) is 0 Å². The number of likely N-dealkylation sites (tertiary alicyclic amines) is 1. The molecular weight excluding hydrogens is 286 g/mol. The van der Waals surface area contributed by atoms with Gasteiger partial charge in [0.1, 0.15) is 0 Å². The van der Waals surface area contributed by atoms with Crippen molar-refractivity contribution in [2.75, 3.05) is 6.54 Å². The van der Waals surface area contributed by atoms with Crippen molar-refractivity contribution in [1.82, 2.24) is 4.90 Å². The fourth-order valence-corrected chi connectivity index (χ4v) is 3.43. The van der Waals surface area contributed by atoms with Crippen molar-refractivity contribution < 1.29 is 14.7 Å². The zero-order valence-electron chi connectivity index (χ0n) is 10.5. The number of nitrogens with zero attached hydrogens (tertiary/aromatic N) is 1. The first-order valence-corrected chi connectivity index (χ1v) is 7.55. The number of hydrogen-bond donors (Lipinski definition) is 1. The predicted molar refractivity (Wildman–Crippen MR) is 74.9 cm³/mol. The van der Waals surface area contributed by atoms with Gasteiger partial charge in [0.15, 0.2) is 0 Å². The van der Waals surface area contributed by atoms with Crippen LogP contribution in [0.25, 0.3) is 0 Å². The summed E-state index contributed by atoms with van der Waals surface area (Å²) in [6.45, 7) is 0.707. The first-order chi connectivity index (χ1) is 9.08. The van der Waals surface area contributed by atoms with E-state index in [1.165, 1.54) is 11.3 Å². The van der Waals surface area contributed by atoms with Crippen LogP contribution in [0.2, 0.25) is 4.34 Å². The number of aliphatic carboxylic acids is 1. The summed E-state index contributed by atoms with van der Waals surface area (Å²) < 4.78 is 0.599. The van der Waals surface area contributed by atoms with Gasteiger partial charge >= 0.3 is 5.97 Å². The Hall–Kier alpha value is -1.07. The fourth-order valence-electron chi connectivity index (χ4n) is 2.43. The Kier molecular flexibility index (Phi) is 4.82. The molecule has 1 saturated heterocycles. The quantitative estimate of drug-likeness (QED) is 0.928. The summed E-state index contributed by atoms with van der Waals surface area (Å²) in [5, 5.41) is 8.77. The lowest BCUT2D eigenvalue weighted by Gasteiger charge is -2.35. The topological polar surface area (TPSA) is 57.6 Å². The molecule has 0 saturated carbocycles. The molecule has 1 aliphatic rings. The van der Waals surface area contributed by atoms with Crippen molar-refractivity contribution in [1.29, 1.82) is 0 Å². The van der Waals surface area contributed by atoms with E-state index in [0.717, 1.165) is 19.3 Å². The Balaban J connectivity index is 2.06. The molecule has 19 heavy (non-hydrogen) atoms. The van der Waals surface area contributed by atoms with Gasteiger partial charge in [0, 0.05) is 19.0 Å². The molecule has 1 unspecified atom stereocenters. The molecule has 1 amide bonds. The van der Waals surface area contributed by atoms with Crippen molar-refractivity contribution in [3.05, 3.63) is 21.3 Å². The summed E-state index contributed by atoms with van der Waals surface area (Å²) in [5.74, 6) is -0.830. The highest BCUT2D eigenvalue weighted by atomic mass is 35.5. The zero-order chi connectivity index (χ0) is 13.8. The van der Waals surface area contributed by atoms with E-state index in [-0.39, 0.29) is 18.4 Å². The summed E-state index contributed by atoms with van der Waals surface area (Å²) in [6.07, 6.45) is 3.56. The third-order valence-corrected chi connectivity index (χ3v) is 4.58. The molecule has 1 aromatic rings. The standard InChI is InChI=1S/C13H16ClNO3S/c14-11-6-5-10(19-11)13(18)15-8-2-1-3-9(15)4-7-12(16)17/h5-6,9H,1-4,7-8H2,(H,16,17). The number of carbonyl (C=O) groups excluding carboxylic acids is 1. The van der Waals surface area contributed by atoms with Crippen molar-refractivity contribution in [3.63, 3.8) is 0 Å². The van der Waals surface area contributed by atoms with Crippen LogP contribution in [0.1, 0.15) is 41.8 Å². The average Bonchev–Trinajstić information content (AvgIpc) is 2.82. The molecule has 2 heterocycles. The normalized spacial score (nSPS) is 19.4. The second kappa shape index (κ2) is 6.39. The Morgan fingerprint density at radius 2 is 2.21 bits per heavy atom. The Morgan fingerprint density at radius 3 is 2.84 bits per heavy atom. The van der Waals surface area contributed by atoms with E-state index in [9.17, 15) is 9.59 Å². The molecule has 1 N–H and O–H groups in total. The van der Waals surface area contributed by atoms with Crippen LogP contribution in [-0.2, 0) is 4.79 Å². The summed E-state index contributed by atoms with van der Waals surface area (Å²) >= 11 is 7.13. The highest BCUT2D eigenvalue weighted by Gasteiger charge is 2.28. The number of halogens is 1. The van der Waals surface area contributed by atoms with Crippen molar-refractivity contribution in [2.45, 2.75) is 38.1 Å². The maximum Gasteiger partial charge on any atom is 0.303 e. The SMILES string of the molecule is O=C(O)CCC1CCCCN1C(=O)c1ccc(Cl)s1. The van der Waals surface area contributed by atoms with Crippen molar-refractivity contribution >= 4 is 34.8 Å². The van der Waals surface area contributed by atoms with Crippen LogP contribution in [0.4, 0.5) is 0 Å². The molecule has 0 aliphatic carbocycles. The largest absolute Gasteiger partial charge is 0.481 e. The van der Waals surface area contributed by atoms with Crippen LogP contribution < -0.4 is 0 Å². The van der Waals surface area contributed by atoms with E-state index in [1.807, 2.05) is 4.90 Å². The number of thiophene rings is 1. The molecular formula is C13H16ClNO3S. The summed E-state index contributed by atoms with van der Waals surface area (Å²) in [4.78, 5) is 25.5. The van der Waals surface area contributed by atoms with Crippen LogP contribution in [0.15, 0.2) is 12.1 Å². The summed E-state index contributed by atoms with van der Waals surface area (Å²) in [7, 11) is 0. The third kappa shape index (κ3) is 3.70. The van der Waals surface area contributed by atoms with Crippen molar-refractivity contribution in [3.8, 4) is 0 Å². The number of hydrogen-bond acceptors (Lipinski definition) is 3. The number of carbonyl (C=O) groups is 2. The van der Waals surface area contributed by atoms with Gasteiger partial charge in [-0.25, -0.2) is 0 Å². The van der Waals surface area contributed by atoms with E-state index in [4.69, 9.17) is 16.7 Å². The maximum atomic E-state index is 12.4. The third-order valence-electron chi connectivity index (χ3n) is 3.36. The summed E-state index contributed by atoms with van der Waals surface area (Å²) in [5.41, 5.74) is 0. The molecule has 1 fully saturated rings. The number of amides is 1. The van der Waals surface area contributed by atoms with Crippen molar-refractivity contribution in [2.24, 2.45) is 0 Å². The molecule has 6 heteroatoms. The molecule has 0 spiro atoms. The number of carboxylic acids is 1. The maximum absolute atomic E-state index is 12.4. The minimum Gasteiger partial charge on any atom is -0.481 e. The minimum atomic E-state index is -0.808. The van der Waals surface area contributed by atoms with Gasteiger partial charge in [-0.3, -0.25) is 9.59 Å². The monoisotopic (exact) mass is 301 g/mol. The first kappa shape index (κ1) is 14.3. The fraction of sp³-hybridized carbons (Fsp3) is 0.538. The molecule has 0 radical (unpaired) electrons. The molecule has 2 rings (SSSR count). The Bertz CT molecular complexity index is 474. The average molecular weight is 302 g/mol. The molecule has 1 aliphatic heterocycles. The Labute approximate surface area is 121 Å². The second-order valence-corrected chi connectivity index (χ2v) is 6.40. The van der Waals surface area contributed by atoms with Gasteiger partial charge in [0.05, 0.1) is 9.21 Å². The van der Waals surface area contributed by atoms with Gasteiger partial charge < -0.3 is 10.0 Å². The van der Waals surface area contributed by atoms with Crippen LogP contribution in [0, 0.1) is 0 Å². The lowest BCUT2D eigenvalue weighted by molar-refractivity contribution is -0.137. The number of piperidine rings is 1. The van der Waals surface area contributed by atoms with Gasteiger partial charge in [0.25, 0.3) is 5.91 Å². The highest BCUT2D eigenvalue weighted by molar-refractivity contribution is 7.17. The lowest BCUT2D eigenvalue weighted by atomic mass is 9.97. The van der Waals surface area contributed by atoms with Gasteiger partial charge in [0.2, 0.25) is 0 Å².